The SMILES string of the molecule is CC1OC(Oc2ccc(NC(=S)NCCCC[C@H](N)C(=O)N[C@H](C)C(=O)Nc3ccc4c(c3)CN3C(=O)c5ccccc5C3=N4)cc2)C(O)C(OCCO[O-])C1O.C[C@@H]1O[C@H](OCCCCCC(=O)NCCCC[C@H](N)C(=O)N[C@H](C)C(=O)Nc2ccc3c(c2)CN2C(=O)c4ccccc4C2=N3)[C@@H](O)[C@H](O)[C@@H]1O.[Na+]. The molecule has 7 amide bonds. The molecule has 32 nitrogen and oxygen atoms in total. The van der Waals surface area contributed by atoms with Crippen molar-refractivity contribution in [2.45, 2.75) is 191 Å². The second-order valence-corrected chi connectivity index (χ2v) is 27.6. The molecule has 5 aromatic carbocycles. The summed E-state index contributed by atoms with van der Waals surface area (Å²) in [6, 6.07) is 28.8. The van der Waals surface area contributed by atoms with Crippen LogP contribution in [0.15, 0.2) is 119 Å². The van der Waals surface area contributed by atoms with Gasteiger partial charge in [-0.25, -0.2) is 9.98 Å². The molecule has 0 aliphatic carbocycles. The molecule has 5 unspecified atom stereocenters. The fourth-order valence-corrected chi connectivity index (χ4v) is 13.0. The van der Waals surface area contributed by atoms with Crippen molar-refractivity contribution < 1.29 is 122 Å². The van der Waals surface area contributed by atoms with Crippen LogP contribution in [0.3, 0.4) is 0 Å². The molecule has 109 heavy (non-hydrogen) atoms. The van der Waals surface area contributed by atoms with E-state index in [-0.39, 0.29) is 67.1 Å². The zero-order chi connectivity index (χ0) is 77.3. The van der Waals surface area contributed by atoms with E-state index < -0.39 is 109 Å². The third-order valence-electron chi connectivity index (χ3n) is 19.0. The van der Waals surface area contributed by atoms with Gasteiger partial charge < -0.3 is 108 Å². The Labute approximate surface area is 657 Å². The molecule has 2 saturated heterocycles. The molecular weight excluding hydrogens is 1440 g/mol. The van der Waals surface area contributed by atoms with E-state index in [1.54, 1.807) is 110 Å². The Morgan fingerprint density at radius 3 is 1.59 bits per heavy atom. The Kier molecular flexibility index (Phi) is 31.1. The first kappa shape index (κ1) is 84.7. The van der Waals surface area contributed by atoms with Crippen molar-refractivity contribution in [3.63, 3.8) is 0 Å². The number of amides is 7. The monoisotopic (exact) mass is 1540 g/mol. The molecule has 6 aliphatic heterocycles. The third-order valence-corrected chi connectivity index (χ3v) is 19.3. The maximum Gasteiger partial charge on any atom is 1.00 e. The van der Waals surface area contributed by atoms with Crippen LogP contribution in [0.4, 0.5) is 28.4 Å². The number of aliphatic imine (C=N–C) groups is 2. The number of anilines is 3. The van der Waals surface area contributed by atoms with Crippen molar-refractivity contribution in [3.8, 4) is 5.75 Å². The maximum absolute atomic E-state index is 13.0. The molecule has 11 rings (SSSR count). The van der Waals surface area contributed by atoms with Crippen LogP contribution in [-0.2, 0) is 60.9 Å². The number of fused-ring (bicyclic) bond motifs is 8. The number of benzene rings is 5. The van der Waals surface area contributed by atoms with Crippen LogP contribution in [0.1, 0.15) is 135 Å². The minimum Gasteiger partial charge on any atom is -0.723 e. The minimum atomic E-state index is -1.34. The molecule has 16 N–H and O–H groups in total. The van der Waals surface area contributed by atoms with E-state index in [4.69, 9.17) is 57.4 Å². The van der Waals surface area contributed by atoms with Gasteiger partial charge in [0.15, 0.2) is 11.4 Å². The molecule has 0 spiro atoms. The zero-order valence-corrected chi connectivity index (χ0v) is 64.1. The van der Waals surface area contributed by atoms with Gasteiger partial charge in [-0.1, -0.05) is 42.8 Å². The van der Waals surface area contributed by atoms with Gasteiger partial charge in [0.25, 0.3) is 11.8 Å². The fraction of sp³-hybridized carbons (Fsp3) is 0.467. The Balaban J connectivity index is 0.000000250. The predicted octanol–water partition coefficient (Wildman–Crippen LogP) is -0.616. The molecule has 6 aliphatic rings. The van der Waals surface area contributed by atoms with Gasteiger partial charge in [-0.15, -0.1) is 0 Å². The number of carbonyl (C=O) groups is 7. The van der Waals surface area contributed by atoms with Crippen molar-refractivity contribution in [2.24, 2.45) is 21.5 Å². The van der Waals surface area contributed by atoms with Crippen LogP contribution in [0.5, 0.6) is 5.75 Å². The Morgan fingerprint density at radius 2 is 1.06 bits per heavy atom. The summed E-state index contributed by atoms with van der Waals surface area (Å²) < 4.78 is 27.7. The van der Waals surface area contributed by atoms with Crippen molar-refractivity contribution in [1.29, 1.82) is 0 Å². The smallest absolute Gasteiger partial charge is 0.723 e. The molecule has 6 heterocycles. The number of unbranched alkanes of at least 4 members (excludes halogenated alkanes) is 4. The summed E-state index contributed by atoms with van der Waals surface area (Å²) in [6.07, 6.45) is -5.15. The van der Waals surface area contributed by atoms with Crippen LogP contribution >= 0.6 is 12.2 Å². The number of nitrogens with two attached hydrogens (primary N) is 2. The molecule has 0 radical (unpaired) electrons. The number of aliphatic hydroxyl groups excluding tert-OH is 5. The topological polar surface area (TPSA) is 467 Å². The molecular formula is C75H94N13NaO19S. The first-order chi connectivity index (χ1) is 51.9. The summed E-state index contributed by atoms with van der Waals surface area (Å²) >= 11 is 5.40. The number of thiocarbonyl (C=S) groups is 1. The summed E-state index contributed by atoms with van der Waals surface area (Å²) in [5, 5.41) is 81.2. The van der Waals surface area contributed by atoms with Crippen molar-refractivity contribution >= 4 is 98.8 Å². The Morgan fingerprint density at radius 1 is 0.560 bits per heavy atom. The number of nitrogens with one attached hydrogen (secondary N) is 7. The van der Waals surface area contributed by atoms with Gasteiger partial charge in [-0.3, -0.25) is 43.4 Å². The number of amidine groups is 2. The number of ether oxygens (including phenoxy) is 5. The third kappa shape index (κ3) is 22.1. The van der Waals surface area contributed by atoms with Crippen molar-refractivity contribution in [1.82, 2.24) is 31.1 Å². The summed E-state index contributed by atoms with van der Waals surface area (Å²) in [5.74, 6) is -0.377. The van der Waals surface area contributed by atoms with Crippen LogP contribution < -0.4 is 88.2 Å². The number of carbonyl (C=O) groups excluding carboxylic acids is 7. The van der Waals surface area contributed by atoms with E-state index in [9.17, 15) is 64.4 Å². The largest absolute Gasteiger partial charge is 1.00 e. The summed E-state index contributed by atoms with van der Waals surface area (Å²) in [5.41, 5.74) is 19.8. The van der Waals surface area contributed by atoms with E-state index >= 15 is 0 Å². The van der Waals surface area contributed by atoms with E-state index in [1.807, 2.05) is 36.4 Å². The van der Waals surface area contributed by atoms with E-state index in [1.165, 1.54) is 0 Å². The standard InChI is InChI=1S/C39H47N7O10S.C36H48N6O9.Na/c1-21(35(49)43-25-12-15-30-23(19-25)20-46-34(45-30)27-7-3-4-8-28(27)37(46)51)42-36(50)29(40)9-5-6-16-41-39(57)44-24-10-13-26(14-11-24)56-38-32(48)33(53-17-18-54-52)31(47)22(2)55-38;1-20(33(47)40-23-14-15-27-22(18-23)19-42-32(41-27)24-10-5-6-11-25(24)35(42)49)39-34(48)26(37)12-7-8-16-38-28(43)13-4-3-9-17-50-36-31(46)30(45)29(44)21(2)51-36;/h3-4,7-8,10-15,19,21-22,29,31-33,38,47-48,52H,5-6,9,16-18,20,40H2,1-2H3,(H,42,50)(H,43,49)(H2,41,44,57);5-6,10-11,14-15,18,20-21,26,29-31,36,44-46H,3-4,7-9,12-13,16-17,19,37H2,1-2H3,(H,38,43)(H,39,48)(H,40,47);/q;;+1/p-1/t21-,22?,29+,31?,32?,33?,38?;20-,21+,26+,29-,30-,31+,36+;/m11./s1. The zero-order valence-electron chi connectivity index (χ0n) is 61.3. The number of nitrogens with zero attached hydrogens (tertiary/aromatic N) is 4. The fourth-order valence-electron chi connectivity index (χ4n) is 12.8. The first-order valence-electron chi connectivity index (χ1n) is 36.1. The molecule has 34 heteroatoms. The van der Waals surface area contributed by atoms with Crippen LogP contribution in [0.2, 0.25) is 0 Å². The van der Waals surface area contributed by atoms with Crippen molar-refractivity contribution in [2.75, 3.05) is 48.9 Å². The average molecular weight is 1540 g/mol. The number of hydrogen-bond acceptors (Lipinski definition) is 24. The van der Waals surface area contributed by atoms with Gasteiger partial charge in [0.1, 0.15) is 66.1 Å². The van der Waals surface area contributed by atoms with Gasteiger partial charge in [0.05, 0.1) is 73.1 Å². The molecule has 0 bridgehead atoms. The summed E-state index contributed by atoms with van der Waals surface area (Å²) in [7, 11) is 0. The van der Waals surface area contributed by atoms with Gasteiger partial charge in [-0.05, 0) is 175 Å². The number of hydrogen-bond donors (Lipinski definition) is 14. The normalized spacial score (nSPS) is 22.4. The second-order valence-electron chi connectivity index (χ2n) is 27.2. The Bertz CT molecular complexity index is 4110. The van der Waals surface area contributed by atoms with E-state index in [2.05, 4.69) is 42.1 Å². The predicted molar refractivity (Wildman–Crippen MR) is 397 cm³/mol. The molecule has 2 fully saturated rings. The molecule has 0 aromatic heterocycles. The van der Waals surface area contributed by atoms with E-state index in [0.717, 1.165) is 40.0 Å². The van der Waals surface area contributed by atoms with Gasteiger partial charge in [0.2, 0.25) is 35.8 Å². The first-order valence-corrected chi connectivity index (χ1v) is 36.6. The Hall–Kier alpha value is -8.30. The van der Waals surface area contributed by atoms with Crippen LogP contribution in [0.25, 0.3) is 0 Å². The molecule has 0 saturated carbocycles. The van der Waals surface area contributed by atoms with Crippen molar-refractivity contribution in [3.05, 3.63) is 143 Å². The molecule has 14 atom stereocenters. The molecule has 5 aromatic rings. The quantitative estimate of drug-likeness (QED) is 0.00839. The molecule has 580 valence electrons. The summed E-state index contributed by atoms with van der Waals surface area (Å²) in [6.45, 7) is 7.92. The van der Waals surface area contributed by atoms with Gasteiger partial charge in [0, 0.05) is 54.3 Å². The van der Waals surface area contributed by atoms with Gasteiger partial charge >= 0.3 is 29.6 Å². The van der Waals surface area contributed by atoms with Crippen LogP contribution in [0, 0.1) is 0 Å². The minimum absolute atomic E-state index is 0. The number of rotatable bonds is 32. The summed E-state index contributed by atoms with van der Waals surface area (Å²) in [4.78, 5) is 106. The number of aliphatic hydroxyl groups is 5. The van der Waals surface area contributed by atoms with Gasteiger partial charge in [-0.2, -0.15) is 0 Å². The maximum atomic E-state index is 13.0. The second kappa shape index (κ2) is 40.1. The van der Waals surface area contributed by atoms with E-state index in [0.29, 0.717) is 135 Å². The van der Waals surface area contributed by atoms with Crippen LogP contribution in [-0.4, -0.2) is 212 Å². The average Bonchev–Trinajstić information content (AvgIpc) is 1.60.